The molecule has 0 spiro atoms. The zero-order valence-electron chi connectivity index (χ0n) is 13.6. The van der Waals surface area contributed by atoms with Crippen molar-refractivity contribution in [2.75, 3.05) is 11.4 Å². The van der Waals surface area contributed by atoms with Crippen molar-refractivity contribution in [3.8, 4) is 0 Å². The Balaban J connectivity index is 1.69. The van der Waals surface area contributed by atoms with Crippen LogP contribution in [0.3, 0.4) is 0 Å². The number of nitrogens with one attached hydrogen (secondary N) is 1. The van der Waals surface area contributed by atoms with Gasteiger partial charge in [-0.25, -0.2) is 8.78 Å². The molecule has 130 valence electrons. The first kappa shape index (κ1) is 17.0. The normalized spacial score (nSPS) is 18.3. The standard InChI is InChI=1S/C18H17F2N3O2/c1-11(13-6-7-21-9-15(13)20)22-18(25)12-8-17(24)23(10-12)16-5-3-2-4-14(16)19/h2-7,9,11-12H,8,10H2,1H3,(H,22,25). The first-order chi connectivity index (χ1) is 12.0. The number of amides is 2. The van der Waals surface area contributed by atoms with Crippen molar-refractivity contribution in [1.29, 1.82) is 0 Å². The lowest BCUT2D eigenvalue weighted by atomic mass is 10.1. The van der Waals surface area contributed by atoms with E-state index in [2.05, 4.69) is 10.3 Å². The SMILES string of the molecule is CC(NC(=O)C1CC(=O)N(c2ccccc2F)C1)c1ccncc1F. The third kappa shape index (κ3) is 3.50. The van der Waals surface area contributed by atoms with Crippen LogP contribution in [0.15, 0.2) is 42.7 Å². The minimum absolute atomic E-state index is 0.00822. The summed E-state index contributed by atoms with van der Waals surface area (Å²) in [5, 5.41) is 2.71. The molecule has 0 radical (unpaired) electrons. The molecule has 2 amide bonds. The molecule has 1 fully saturated rings. The zero-order chi connectivity index (χ0) is 18.0. The highest BCUT2D eigenvalue weighted by atomic mass is 19.1. The number of carbonyl (C=O) groups excluding carboxylic acids is 2. The summed E-state index contributed by atoms with van der Waals surface area (Å²) in [6.45, 7) is 1.75. The maximum absolute atomic E-state index is 13.9. The summed E-state index contributed by atoms with van der Waals surface area (Å²) >= 11 is 0. The molecule has 1 N–H and O–H groups in total. The van der Waals surface area contributed by atoms with Crippen molar-refractivity contribution in [1.82, 2.24) is 10.3 Å². The van der Waals surface area contributed by atoms with Crippen LogP contribution in [0, 0.1) is 17.6 Å². The largest absolute Gasteiger partial charge is 0.349 e. The van der Waals surface area contributed by atoms with Gasteiger partial charge in [0.25, 0.3) is 0 Å². The fraction of sp³-hybridized carbons (Fsp3) is 0.278. The maximum atomic E-state index is 13.9. The van der Waals surface area contributed by atoms with Crippen molar-refractivity contribution in [2.45, 2.75) is 19.4 Å². The number of nitrogens with zero attached hydrogens (tertiary/aromatic N) is 2. The van der Waals surface area contributed by atoms with Gasteiger partial charge in [-0.2, -0.15) is 0 Å². The molecular formula is C18H17F2N3O2. The Bertz CT molecular complexity index is 812. The van der Waals surface area contributed by atoms with Gasteiger partial charge in [0.2, 0.25) is 11.8 Å². The molecule has 1 aromatic heterocycles. The minimum atomic E-state index is -0.612. The number of aromatic nitrogens is 1. The van der Waals surface area contributed by atoms with E-state index in [9.17, 15) is 18.4 Å². The zero-order valence-corrected chi connectivity index (χ0v) is 13.6. The fourth-order valence-corrected chi connectivity index (χ4v) is 2.93. The second-order valence-electron chi connectivity index (χ2n) is 5.98. The lowest BCUT2D eigenvalue weighted by Gasteiger charge is -2.19. The number of halogens is 2. The maximum Gasteiger partial charge on any atom is 0.227 e. The van der Waals surface area contributed by atoms with Gasteiger partial charge in [-0.1, -0.05) is 12.1 Å². The second-order valence-corrected chi connectivity index (χ2v) is 5.98. The first-order valence-electron chi connectivity index (χ1n) is 7.92. The molecule has 25 heavy (non-hydrogen) atoms. The van der Waals surface area contributed by atoms with E-state index in [0.29, 0.717) is 5.56 Å². The van der Waals surface area contributed by atoms with Gasteiger partial charge in [0.15, 0.2) is 0 Å². The van der Waals surface area contributed by atoms with Gasteiger partial charge >= 0.3 is 0 Å². The molecule has 1 aliphatic rings. The molecule has 5 nitrogen and oxygen atoms in total. The Kier molecular flexibility index (Phi) is 4.74. The average Bonchev–Trinajstić information content (AvgIpc) is 2.97. The number of para-hydroxylation sites is 1. The molecular weight excluding hydrogens is 328 g/mol. The Labute approximate surface area is 143 Å². The van der Waals surface area contributed by atoms with Gasteiger partial charge in [-0.05, 0) is 25.1 Å². The monoisotopic (exact) mass is 345 g/mol. The van der Waals surface area contributed by atoms with E-state index in [-0.39, 0.29) is 30.5 Å². The summed E-state index contributed by atoms with van der Waals surface area (Å²) < 4.78 is 27.6. The van der Waals surface area contributed by atoms with Crippen LogP contribution in [-0.4, -0.2) is 23.3 Å². The van der Waals surface area contributed by atoms with Crippen molar-refractivity contribution in [3.63, 3.8) is 0 Å². The molecule has 2 heterocycles. The van der Waals surface area contributed by atoms with Gasteiger partial charge < -0.3 is 10.2 Å². The van der Waals surface area contributed by atoms with E-state index < -0.39 is 23.6 Å². The number of hydrogen-bond donors (Lipinski definition) is 1. The predicted molar refractivity (Wildman–Crippen MR) is 87.6 cm³/mol. The van der Waals surface area contributed by atoms with E-state index in [4.69, 9.17) is 0 Å². The molecule has 2 unspecified atom stereocenters. The van der Waals surface area contributed by atoms with Crippen molar-refractivity contribution in [3.05, 3.63) is 59.9 Å². The van der Waals surface area contributed by atoms with Gasteiger partial charge in [0.1, 0.15) is 11.6 Å². The Morgan fingerprint density at radius 1 is 1.28 bits per heavy atom. The third-order valence-corrected chi connectivity index (χ3v) is 4.27. The summed E-state index contributed by atoms with van der Waals surface area (Å²) in [4.78, 5) is 29.5. The van der Waals surface area contributed by atoms with E-state index in [1.807, 2.05) is 0 Å². The third-order valence-electron chi connectivity index (χ3n) is 4.27. The molecule has 3 rings (SSSR count). The lowest BCUT2D eigenvalue weighted by molar-refractivity contribution is -0.126. The molecule has 0 saturated carbocycles. The molecule has 1 aliphatic heterocycles. The summed E-state index contributed by atoms with van der Waals surface area (Å²) in [5.74, 6) is -2.31. The number of hydrogen-bond acceptors (Lipinski definition) is 3. The molecule has 2 aromatic rings. The molecule has 7 heteroatoms. The van der Waals surface area contributed by atoms with Crippen LogP contribution >= 0.6 is 0 Å². The molecule has 1 saturated heterocycles. The molecule has 0 bridgehead atoms. The van der Waals surface area contributed by atoms with Crippen LogP contribution < -0.4 is 10.2 Å². The van der Waals surface area contributed by atoms with Crippen LogP contribution in [-0.2, 0) is 9.59 Å². The van der Waals surface area contributed by atoms with Crippen LogP contribution in [0.25, 0.3) is 0 Å². The average molecular weight is 345 g/mol. The summed E-state index contributed by atoms with van der Waals surface area (Å²) in [6.07, 6.45) is 2.52. The van der Waals surface area contributed by atoms with Crippen molar-refractivity contribution < 1.29 is 18.4 Å². The van der Waals surface area contributed by atoms with Gasteiger partial charge in [-0.15, -0.1) is 0 Å². The number of pyridine rings is 1. The fourth-order valence-electron chi connectivity index (χ4n) is 2.93. The Hall–Kier alpha value is -2.83. The highest BCUT2D eigenvalue weighted by Gasteiger charge is 2.36. The minimum Gasteiger partial charge on any atom is -0.349 e. The van der Waals surface area contributed by atoms with E-state index >= 15 is 0 Å². The summed E-state index contributed by atoms with van der Waals surface area (Å²) in [7, 11) is 0. The molecule has 1 aromatic carbocycles. The first-order valence-corrected chi connectivity index (χ1v) is 7.92. The van der Waals surface area contributed by atoms with Gasteiger partial charge in [0.05, 0.1) is 23.8 Å². The lowest BCUT2D eigenvalue weighted by Crippen LogP contribution is -2.35. The number of benzene rings is 1. The van der Waals surface area contributed by atoms with Crippen LogP contribution in [0.1, 0.15) is 24.9 Å². The van der Waals surface area contributed by atoms with Crippen molar-refractivity contribution in [2.24, 2.45) is 5.92 Å². The molecule has 2 atom stereocenters. The van der Waals surface area contributed by atoms with Crippen molar-refractivity contribution >= 4 is 17.5 Å². The van der Waals surface area contributed by atoms with E-state index in [0.717, 1.165) is 6.20 Å². The van der Waals surface area contributed by atoms with E-state index in [1.54, 1.807) is 13.0 Å². The van der Waals surface area contributed by atoms with E-state index in [1.165, 1.54) is 35.4 Å². The highest BCUT2D eigenvalue weighted by Crippen LogP contribution is 2.28. The summed E-state index contributed by atoms with van der Waals surface area (Å²) in [5.41, 5.74) is 0.481. The smallest absolute Gasteiger partial charge is 0.227 e. The number of anilines is 1. The van der Waals surface area contributed by atoms with Crippen LogP contribution in [0.5, 0.6) is 0 Å². The second kappa shape index (κ2) is 6.96. The predicted octanol–water partition coefficient (Wildman–Crippen LogP) is 2.59. The van der Waals surface area contributed by atoms with Gasteiger partial charge in [0, 0.05) is 24.7 Å². The Morgan fingerprint density at radius 3 is 2.76 bits per heavy atom. The number of carbonyl (C=O) groups is 2. The summed E-state index contributed by atoms with van der Waals surface area (Å²) in [6, 6.07) is 6.87. The topological polar surface area (TPSA) is 62.3 Å². The Morgan fingerprint density at radius 2 is 2.04 bits per heavy atom. The molecule has 0 aliphatic carbocycles. The quantitative estimate of drug-likeness (QED) is 0.926. The van der Waals surface area contributed by atoms with Crippen LogP contribution in [0.2, 0.25) is 0 Å². The van der Waals surface area contributed by atoms with Gasteiger partial charge in [-0.3, -0.25) is 14.6 Å². The highest BCUT2D eigenvalue weighted by molar-refractivity contribution is 6.00. The number of rotatable bonds is 4. The van der Waals surface area contributed by atoms with Crippen LogP contribution in [0.4, 0.5) is 14.5 Å².